The van der Waals surface area contributed by atoms with Gasteiger partial charge in [-0.3, -0.25) is 4.79 Å². The fourth-order valence-electron chi connectivity index (χ4n) is 2.91. The number of hydrogen-bond donors (Lipinski definition) is 0. The summed E-state index contributed by atoms with van der Waals surface area (Å²) in [5.41, 5.74) is -0.381. The van der Waals surface area contributed by atoms with E-state index in [1.54, 1.807) is 12.1 Å². The van der Waals surface area contributed by atoms with E-state index in [4.69, 9.17) is 0 Å². The number of hydrogen-bond acceptors (Lipinski definition) is 1. The molecule has 0 aliphatic heterocycles. The first kappa shape index (κ1) is 22.0. The second-order valence-corrected chi connectivity index (χ2v) is 6.64. The molecule has 0 bridgehead atoms. The number of alkyl halides is 6. The van der Waals surface area contributed by atoms with E-state index in [9.17, 15) is 31.1 Å². The topological polar surface area (TPSA) is 17.1 Å². The summed E-state index contributed by atoms with van der Waals surface area (Å²) in [5, 5.41) is 0. The van der Waals surface area contributed by atoms with Crippen LogP contribution in [-0.4, -0.2) is 5.78 Å². The van der Waals surface area contributed by atoms with Gasteiger partial charge in [0, 0.05) is 12.8 Å². The first-order chi connectivity index (χ1) is 13.1. The van der Waals surface area contributed by atoms with E-state index in [-0.39, 0.29) is 18.6 Å². The zero-order valence-corrected chi connectivity index (χ0v) is 15.0. The Hall–Kier alpha value is -2.31. The lowest BCUT2D eigenvalue weighted by Crippen LogP contribution is -2.06. The van der Waals surface area contributed by atoms with E-state index in [2.05, 4.69) is 0 Å². The predicted molar refractivity (Wildman–Crippen MR) is 93.8 cm³/mol. The van der Waals surface area contributed by atoms with Gasteiger partial charge in [0.15, 0.2) is 0 Å². The SMILES string of the molecule is O=C(CCCc1cccc(C(F)(F)F)c1)CCCc1cccc(C(F)(F)F)c1. The minimum Gasteiger partial charge on any atom is -0.300 e. The summed E-state index contributed by atoms with van der Waals surface area (Å²) in [6.07, 6.45) is -6.72. The Morgan fingerprint density at radius 2 is 1.07 bits per heavy atom. The highest BCUT2D eigenvalue weighted by molar-refractivity contribution is 5.78. The lowest BCUT2D eigenvalue weighted by atomic mass is 10.0. The highest BCUT2D eigenvalue weighted by atomic mass is 19.4. The average Bonchev–Trinajstić information content (AvgIpc) is 2.61. The van der Waals surface area contributed by atoms with E-state index < -0.39 is 23.5 Å². The van der Waals surface area contributed by atoms with E-state index in [1.807, 2.05) is 0 Å². The van der Waals surface area contributed by atoms with Gasteiger partial charge in [-0.25, -0.2) is 0 Å². The highest BCUT2D eigenvalue weighted by Gasteiger charge is 2.31. The van der Waals surface area contributed by atoms with Crippen molar-refractivity contribution in [3.05, 3.63) is 70.8 Å². The second-order valence-electron chi connectivity index (χ2n) is 6.64. The summed E-state index contributed by atoms with van der Waals surface area (Å²) >= 11 is 0. The summed E-state index contributed by atoms with van der Waals surface area (Å²) in [5.74, 6) is -0.0426. The third-order valence-electron chi connectivity index (χ3n) is 4.35. The van der Waals surface area contributed by atoms with Crippen LogP contribution in [0.2, 0.25) is 0 Å². The molecule has 0 atom stereocenters. The van der Waals surface area contributed by atoms with Gasteiger partial charge in [0.25, 0.3) is 0 Å². The Morgan fingerprint density at radius 1 is 0.679 bits per heavy atom. The van der Waals surface area contributed by atoms with Crippen LogP contribution in [0.4, 0.5) is 26.3 Å². The Kier molecular flexibility index (Phi) is 7.27. The maximum atomic E-state index is 12.7. The van der Waals surface area contributed by atoms with Gasteiger partial charge in [0.2, 0.25) is 0 Å². The van der Waals surface area contributed by atoms with E-state index in [0.29, 0.717) is 36.8 Å². The molecule has 0 aliphatic carbocycles. The molecule has 1 nitrogen and oxygen atoms in total. The monoisotopic (exact) mass is 402 g/mol. The Morgan fingerprint density at radius 3 is 1.43 bits per heavy atom. The van der Waals surface area contributed by atoms with Crippen molar-refractivity contribution in [3.63, 3.8) is 0 Å². The standard InChI is InChI=1S/C21H20F6O/c22-20(23,24)17-9-1-5-15(13-17)7-3-11-19(28)12-4-8-16-6-2-10-18(14-16)21(25,26)27/h1-2,5-6,9-10,13-14H,3-4,7-8,11-12H2. The van der Waals surface area contributed by atoms with Gasteiger partial charge >= 0.3 is 12.4 Å². The minimum absolute atomic E-state index is 0.0426. The summed E-state index contributed by atoms with van der Waals surface area (Å²) < 4.78 is 76.0. The molecule has 152 valence electrons. The molecule has 0 saturated heterocycles. The van der Waals surface area contributed by atoms with Gasteiger partial charge in [-0.15, -0.1) is 0 Å². The smallest absolute Gasteiger partial charge is 0.300 e. The van der Waals surface area contributed by atoms with Crippen LogP contribution < -0.4 is 0 Å². The Bertz CT molecular complexity index is 726. The van der Waals surface area contributed by atoms with Crippen LogP contribution in [0.15, 0.2) is 48.5 Å². The molecule has 0 unspecified atom stereocenters. The van der Waals surface area contributed by atoms with Crippen molar-refractivity contribution in [3.8, 4) is 0 Å². The van der Waals surface area contributed by atoms with Crippen molar-refractivity contribution in [1.29, 1.82) is 0 Å². The molecule has 0 spiro atoms. The number of benzene rings is 2. The molecule has 7 heteroatoms. The number of aryl methyl sites for hydroxylation is 2. The van der Waals surface area contributed by atoms with Crippen molar-refractivity contribution in [1.82, 2.24) is 0 Å². The van der Waals surface area contributed by atoms with E-state index >= 15 is 0 Å². The van der Waals surface area contributed by atoms with Gasteiger partial charge in [-0.2, -0.15) is 26.3 Å². The van der Waals surface area contributed by atoms with Gasteiger partial charge < -0.3 is 0 Å². The first-order valence-electron chi connectivity index (χ1n) is 8.89. The van der Waals surface area contributed by atoms with Crippen LogP contribution in [0.1, 0.15) is 47.9 Å². The molecule has 0 aliphatic rings. The molecule has 2 aromatic carbocycles. The molecular weight excluding hydrogens is 382 g/mol. The molecule has 0 N–H and O–H groups in total. The van der Waals surface area contributed by atoms with Crippen LogP contribution in [0, 0.1) is 0 Å². The maximum absolute atomic E-state index is 12.7. The first-order valence-corrected chi connectivity index (χ1v) is 8.89. The third-order valence-corrected chi connectivity index (χ3v) is 4.35. The second kappa shape index (κ2) is 9.26. The van der Waals surface area contributed by atoms with Crippen LogP contribution in [0.3, 0.4) is 0 Å². The molecule has 0 amide bonds. The fraction of sp³-hybridized carbons (Fsp3) is 0.381. The Labute approximate surface area is 159 Å². The lowest BCUT2D eigenvalue weighted by molar-refractivity contribution is -0.138. The average molecular weight is 402 g/mol. The molecule has 2 rings (SSSR count). The highest BCUT2D eigenvalue weighted by Crippen LogP contribution is 2.30. The predicted octanol–water partition coefficient (Wildman–Crippen LogP) is 6.64. The summed E-state index contributed by atoms with van der Waals surface area (Å²) in [4.78, 5) is 11.9. The number of Topliss-reactive ketones (excluding diaryl/α,β-unsaturated/α-hetero) is 1. The van der Waals surface area contributed by atoms with Gasteiger partial charge in [0.1, 0.15) is 5.78 Å². The number of halogens is 6. The number of carbonyl (C=O) groups excluding carboxylic acids is 1. The zero-order chi connectivity index (χ0) is 20.8. The summed E-state index contributed by atoms with van der Waals surface area (Å²) in [6, 6.07) is 10.0. The number of carbonyl (C=O) groups is 1. The fourth-order valence-corrected chi connectivity index (χ4v) is 2.91. The molecule has 0 aromatic heterocycles. The molecule has 0 radical (unpaired) electrons. The molecule has 2 aromatic rings. The lowest BCUT2D eigenvalue weighted by Gasteiger charge is -2.09. The number of ketones is 1. The van der Waals surface area contributed by atoms with Crippen molar-refractivity contribution in [2.24, 2.45) is 0 Å². The van der Waals surface area contributed by atoms with Crippen LogP contribution >= 0.6 is 0 Å². The van der Waals surface area contributed by atoms with Crippen molar-refractivity contribution in [2.45, 2.75) is 50.9 Å². The van der Waals surface area contributed by atoms with Crippen molar-refractivity contribution >= 4 is 5.78 Å². The molecule has 0 heterocycles. The van der Waals surface area contributed by atoms with Crippen molar-refractivity contribution in [2.75, 3.05) is 0 Å². The Balaban J connectivity index is 1.74. The van der Waals surface area contributed by atoms with Crippen LogP contribution in [0.25, 0.3) is 0 Å². The zero-order valence-electron chi connectivity index (χ0n) is 15.0. The van der Waals surface area contributed by atoms with E-state index in [1.165, 1.54) is 12.1 Å². The maximum Gasteiger partial charge on any atom is 0.416 e. The van der Waals surface area contributed by atoms with Gasteiger partial charge in [-0.1, -0.05) is 36.4 Å². The normalized spacial score (nSPS) is 12.2. The van der Waals surface area contributed by atoms with Crippen LogP contribution in [0.5, 0.6) is 0 Å². The van der Waals surface area contributed by atoms with Gasteiger partial charge in [-0.05, 0) is 48.9 Å². The summed E-state index contributed by atoms with van der Waals surface area (Å²) in [7, 11) is 0. The largest absolute Gasteiger partial charge is 0.416 e. The quantitative estimate of drug-likeness (QED) is 0.453. The molecule has 0 saturated carbocycles. The molecule has 28 heavy (non-hydrogen) atoms. The third kappa shape index (κ3) is 7.02. The van der Waals surface area contributed by atoms with Gasteiger partial charge in [0.05, 0.1) is 11.1 Å². The number of rotatable bonds is 8. The molecule has 0 fully saturated rings. The van der Waals surface area contributed by atoms with Crippen molar-refractivity contribution < 1.29 is 31.1 Å². The van der Waals surface area contributed by atoms with E-state index in [0.717, 1.165) is 24.3 Å². The van der Waals surface area contributed by atoms with Crippen LogP contribution in [-0.2, 0) is 30.0 Å². The molecular formula is C21H20F6O. The summed E-state index contributed by atoms with van der Waals surface area (Å²) in [6.45, 7) is 0. The minimum atomic E-state index is -4.39.